The van der Waals surface area contributed by atoms with Gasteiger partial charge in [0, 0.05) is 5.56 Å². The SMILES string of the molecule is CCc1conc1C(N)=O.Cl. The highest BCUT2D eigenvalue weighted by Crippen LogP contribution is 2.05. The summed E-state index contributed by atoms with van der Waals surface area (Å²) in [6.45, 7) is 1.90. The molecular formula is C6H9ClN2O2. The molecule has 1 aromatic rings. The molecule has 0 saturated heterocycles. The molecule has 4 nitrogen and oxygen atoms in total. The van der Waals surface area contributed by atoms with Gasteiger partial charge in [-0.05, 0) is 6.42 Å². The van der Waals surface area contributed by atoms with E-state index >= 15 is 0 Å². The van der Waals surface area contributed by atoms with Gasteiger partial charge in [0.05, 0.1) is 0 Å². The van der Waals surface area contributed by atoms with Crippen LogP contribution in [0.3, 0.4) is 0 Å². The first kappa shape index (κ1) is 9.97. The van der Waals surface area contributed by atoms with Gasteiger partial charge in [-0.2, -0.15) is 0 Å². The standard InChI is InChI=1S/C6H8N2O2.ClH/c1-2-4-3-10-8-5(4)6(7)9;/h3H,2H2,1H3,(H2,7,9);1H. The molecule has 0 aliphatic heterocycles. The highest BCUT2D eigenvalue weighted by Gasteiger charge is 2.10. The van der Waals surface area contributed by atoms with Crippen molar-refractivity contribution >= 4 is 18.3 Å². The number of aromatic nitrogens is 1. The van der Waals surface area contributed by atoms with Crippen molar-refractivity contribution in [3.05, 3.63) is 17.5 Å². The predicted octanol–water partition coefficient (Wildman–Crippen LogP) is 0.758. The van der Waals surface area contributed by atoms with Gasteiger partial charge >= 0.3 is 0 Å². The average Bonchev–Trinajstić information content (AvgIpc) is 2.33. The van der Waals surface area contributed by atoms with Crippen LogP contribution in [-0.2, 0) is 6.42 Å². The third-order valence-electron chi connectivity index (χ3n) is 1.26. The number of amides is 1. The molecule has 62 valence electrons. The molecule has 0 aliphatic rings. The largest absolute Gasteiger partial charge is 0.364 e. The fourth-order valence-corrected chi connectivity index (χ4v) is 0.711. The van der Waals surface area contributed by atoms with E-state index in [-0.39, 0.29) is 18.1 Å². The van der Waals surface area contributed by atoms with Crippen molar-refractivity contribution in [2.24, 2.45) is 5.73 Å². The monoisotopic (exact) mass is 176 g/mol. The van der Waals surface area contributed by atoms with Crippen LogP contribution in [-0.4, -0.2) is 11.1 Å². The summed E-state index contributed by atoms with van der Waals surface area (Å²) in [6.07, 6.45) is 2.14. The molecule has 11 heavy (non-hydrogen) atoms. The Morgan fingerprint density at radius 2 is 2.45 bits per heavy atom. The zero-order valence-corrected chi connectivity index (χ0v) is 6.85. The Hall–Kier alpha value is -1.03. The van der Waals surface area contributed by atoms with E-state index in [1.807, 2.05) is 6.92 Å². The van der Waals surface area contributed by atoms with Crippen LogP contribution in [0.25, 0.3) is 0 Å². The van der Waals surface area contributed by atoms with Crippen LogP contribution in [0.15, 0.2) is 10.8 Å². The highest BCUT2D eigenvalue weighted by atomic mass is 35.5. The summed E-state index contributed by atoms with van der Waals surface area (Å²) in [4.78, 5) is 10.5. The lowest BCUT2D eigenvalue weighted by Gasteiger charge is -1.88. The molecule has 0 spiro atoms. The molecule has 0 bridgehead atoms. The molecular weight excluding hydrogens is 168 g/mol. The number of nitrogens with zero attached hydrogens (tertiary/aromatic N) is 1. The Bertz CT molecular complexity index is 246. The first-order valence-electron chi connectivity index (χ1n) is 2.98. The molecule has 0 unspecified atom stereocenters. The molecule has 0 atom stereocenters. The second kappa shape index (κ2) is 3.98. The quantitative estimate of drug-likeness (QED) is 0.723. The van der Waals surface area contributed by atoms with Crippen LogP contribution in [0, 0.1) is 0 Å². The fourth-order valence-electron chi connectivity index (χ4n) is 0.711. The van der Waals surface area contributed by atoms with Gasteiger partial charge in [-0.1, -0.05) is 12.1 Å². The third kappa shape index (κ3) is 1.94. The van der Waals surface area contributed by atoms with Gasteiger partial charge in [-0.3, -0.25) is 4.79 Å². The van der Waals surface area contributed by atoms with E-state index in [1.165, 1.54) is 6.26 Å². The minimum absolute atomic E-state index is 0. The molecule has 0 aromatic carbocycles. The molecule has 1 amide bonds. The first-order chi connectivity index (χ1) is 4.75. The van der Waals surface area contributed by atoms with Crippen molar-refractivity contribution in [3.8, 4) is 0 Å². The van der Waals surface area contributed by atoms with E-state index in [0.717, 1.165) is 5.56 Å². The number of hydrogen-bond donors (Lipinski definition) is 1. The number of halogens is 1. The van der Waals surface area contributed by atoms with E-state index < -0.39 is 5.91 Å². The van der Waals surface area contributed by atoms with Gasteiger partial charge < -0.3 is 10.3 Å². The second-order valence-corrected chi connectivity index (χ2v) is 1.91. The Kier molecular flexibility index (Phi) is 3.60. The van der Waals surface area contributed by atoms with E-state index in [1.54, 1.807) is 0 Å². The first-order valence-corrected chi connectivity index (χ1v) is 2.98. The fraction of sp³-hybridized carbons (Fsp3) is 0.333. The number of hydrogen-bond acceptors (Lipinski definition) is 3. The smallest absolute Gasteiger partial charge is 0.271 e. The van der Waals surface area contributed by atoms with E-state index in [2.05, 4.69) is 9.68 Å². The van der Waals surface area contributed by atoms with Crippen molar-refractivity contribution < 1.29 is 9.32 Å². The zero-order chi connectivity index (χ0) is 7.56. The molecule has 1 rings (SSSR count). The lowest BCUT2D eigenvalue weighted by molar-refractivity contribution is 0.0991. The number of nitrogens with two attached hydrogens (primary N) is 1. The van der Waals surface area contributed by atoms with Gasteiger partial charge in [-0.15, -0.1) is 12.4 Å². The summed E-state index contributed by atoms with van der Waals surface area (Å²) in [5.41, 5.74) is 5.97. The maximum absolute atomic E-state index is 10.5. The highest BCUT2D eigenvalue weighted by molar-refractivity contribution is 5.91. The van der Waals surface area contributed by atoms with Crippen LogP contribution in [0.4, 0.5) is 0 Å². The van der Waals surface area contributed by atoms with Crippen LogP contribution in [0.2, 0.25) is 0 Å². The lowest BCUT2D eigenvalue weighted by atomic mass is 10.2. The summed E-state index contributed by atoms with van der Waals surface area (Å²) in [7, 11) is 0. The molecule has 5 heteroatoms. The molecule has 0 aliphatic carbocycles. The molecule has 0 radical (unpaired) electrons. The normalized spacial score (nSPS) is 8.82. The summed E-state index contributed by atoms with van der Waals surface area (Å²) >= 11 is 0. The number of carbonyl (C=O) groups excluding carboxylic acids is 1. The minimum atomic E-state index is -0.536. The van der Waals surface area contributed by atoms with Crippen molar-refractivity contribution in [2.75, 3.05) is 0 Å². The summed E-state index contributed by atoms with van der Waals surface area (Å²) in [5, 5.41) is 3.44. The van der Waals surface area contributed by atoms with Crippen molar-refractivity contribution in [1.29, 1.82) is 0 Å². The molecule has 2 N–H and O–H groups in total. The van der Waals surface area contributed by atoms with Gasteiger partial charge in [0.25, 0.3) is 5.91 Å². The van der Waals surface area contributed by atoms with Crippen LogP contribution in [0.1, 0.15) is 23.0 Å². The Morgan fingerprint density at radius 1 is 1.82 bits per heavy atom. The van der Waals surface area contributed by atoms with Crippen LogP contribution < -0.4 is 5.73 Å². The predicted molar refractivity (Wildman–Crippen MR) is 41.6 cm³/mol. The van der Waals surface area contributed by atoms with Gasteiger partial charge in [-0.25, -0.2) is 0 Å². The van der Waals surface area contributed by atoms with Crippen molar-refractivity contribution in [3.63, 3.8) is 0 Å². The number of rotatable bonds is 2. The van der Waals surface area contributed by atoms with Gasteiger partial charge in [0.15, 0.2) is 5.69 Å². The number of aryl methyl sites for hydroxylation is 1. The number of primary amides is 1. The van der Waals surface area contributed by atoms with Crippen LogP contribution in [0.5, 0.6) is 0 Å². The topological polar surface area (TPSA) is 69.1 Å². The molecule has 1 heterocycles. The lowest BCUT2D eigenvalue weighted by Crippen LogP contribution is -2.13. The minimum Gasteiger partial charge on any atom is -0.364 e. The summed E-state index contributed by atoms with van der Waals surface area (Å²) < 4.78 is 4.55. The zero-order valence-electron chi connectivity index (χ0n) is 6.03. The van der Waals surface area contributed by atoms with Crippen molar-refractivity contribution in [2.45, 2.75) is 13.3 Å². The third-order valence-corrected chi connectivity index (χ3v) is 1.26. The Balaban J connectivity index is 0.000001000. The summed E-state index contributed by atoms with van der Waals surface area (Å²) in [5.74, 6) is -0.536. The van der Waals surface area contributed by atoms with E-state index in [0.29, 0.717) is 6.42 Å². The molecule has 1 aromatic heterocycles. The van der Waals surface area contributed by atoms with E-state index in [4.69, 9.17) is 5.73 Å². The van der Waals surface area contributed by atoms with Crippen molar-refractivity contribution in [1.82, 2.24) is 5.16 Å². The molecule has 0 fully saturated rings. The summed E-state index contributed by atoms with van der Waals surface area (Å²) in [6, 6.07) is 0. The number of carbonyl (C=O) groups is 1. The Labute approximate surface area is 70.1 Å². The molecule has 0 saturated carbocycles. The Morgan fingerprint density at radius 3 is 2.82 bits per heavy atom. The maximum Gasteiger partial charge on any atom is 0.271 e. The van der Waals surface area contributed by atoms with Gasteiger partial charge in [0.2, 0.25) is 0 Å². The van der Waals surface area contributed by atoms with Gasteiger partial charge in [0.1, 0.15) is 6.26 Å². The second-order valence-electron chi connectivity index (χ2n) is 1.91. The average molecular weight is 177 g/mol. The van der Waals surface area contributed by atoms with E-state index in [9.17, 15) is 4.79 Å². The maximum atomic E-state index is 10.5. The van der Waals surface area contributed by atoms with Crippen LogP contribution >= 0.6 is 12.4 Å².